The van der Waals surface area contributed by atoms with E-state index in [9.17, 15) is 27.5 Å². The summed E-state index contributed by atoms with van der Waals surface area (Å²) in [5.74, 6) is -2.84. The molecule has 12 heteroatoms. The van der Waals surface area contributed by atoms with Crippen LogP contribution in [-0.4, -0.2) is 99.5 Å². The van der Waals surface area contributed by atoms with Crippen LogP contribution in [0.4, 0.5) is 4.39 Å². The Kier molecular flexibility index (Phi) is 7.49. The summed E-state index contributed by atoms with van der Waals surface area (Å²) in [6, 6.07) is 3.19. The van der Waals surface area contributed by atoms with Crippen LogP contribution in [-0.2, 0) is 35.5 Å². The number of carbonyl (C=O) groups excluding carboxylic acids is 2. The number of sulfone groups is 1. The topological polar surface area (TPSA) is 117 Å². The van der Waals surface area contributed by atoms with Gasteiger partial charge < -0.3 is 14.7 Å². The van der Waals surface area contributed by atoms with E-state index in [0.29, 0.717) is 26.3 Å². The van der Waals surface area contributed by atoms with Crippen molar-refractivity contribution >= 4 is 21.7 Å². The Morgan fingerprint density at radius 2 is 1.97 bits per heavy atom. The molecule has 0 unspecified atom stereocenters. The highest BCUT2D eigenvalue weighted by Gasteiger charge is 2.36. The van der Waals surface area contributed by atoms with Gasteiger partial charge in [-0.3, -0.25) is 19.3 Å². The summed E-state index contributed by atoms with van der Waals surface area (Å²) in [5, 5.41) is 11.1. The number of aliphatic hydroxyl groups is 1. The van der Waals surface area contributed by atoms with E-state index in [2.05, 4.69) is 4.90 Å². The van der Waals surface area contributed by atoms with Gasteiger partial charge in [0.1, 0.15) is 5.82 Å². The summed E-state index contributed by atoms with van der Waals surface area (Å²) < 4.78 is 42.9. The van der Waals surface area contributed by atoms with Crippen molar-refractivity contribution in [3.8, 4) is 0 Å². The van der Waals surface area contributed by atoms with Crippen molar-refractivity contribution < 1.29 is 37.1 Å². The van der Waals surface area contributed by atoms with Crippen LogP contribution in [0, 0.1) is 5.82 Å². The van der Waals surface area contributed by atoms with Crippen molar-refractivity contribution in [2.45, 2.75) is 11.4 Å². The third-order valence-corrected chi connectivity index (χ3v) is 6.54. The molecule has 1 aromatic carbocycles. The minimum Gasteiger partial charge on any atom is -0.503 e. The maximum absolute atomic E-state index is 13.6. The van der Waals surface area contributed by atoms with Gasteiger partial charge in [-0.05, 0) is 17.7 Å². The highest BCUT2D eigenvalue weighted by Crippen LogP contribution is 2.23. The highest BCUT2D eigenvalue weighted by atomic mass is 32.2. The van der Waals surface area contributed by atoms with Gasteiger partial charge in [0.05, 0.1) is 43.9 Å². The van der Waals surface area contributed by atoms with Crippen LogP contribution in [0.3, 0.4) is 0 Å². The zero-order valence-corrected chi connectivity index (χ0v) is 18.7. The van der Waals surface area contributed by atoms with E-state index in [0.717, 1.165) is 36.5 Å². The van der Waals surface area contributed by atoms with Crippen LogP contribution in [0.15, 0.2) is 34.4 Å². The average molecular weight is 472 g/mol. The van der Waals surface area contributed by atoms with Gasteiger partial charge in [-0.2, -0.15) is 0 Å². The zero-order valence-electron chi connectivity index (χ0n) is 17.9. The van der Waals surface area contributed by atoms with Crippen molar-refractivity contribution in [3.63, 3.8) is 0 Å². The van der Waals surface area contributed by atoms with Gasteiger partial charge in [-0.1, -0.05) is 6.07 Å². The maximum Gasteiger partial charge on any atom is 0.289 e. The first-order valence-electron chi connectivity index (χ1n) is 9.97. The monoisotopic (exact) mass is 471 g/mol. The molecule has 2 aliphatic rings. The summed E-state index contributed by atoms with van der Waals surface area (Å²) in [7, 11) is -2.57. The first-order chi connectivity index (χ1) is 15.1. The Bertz CT molecular complexity index is 1020. The number of ether oxygens (including phenoxy) is 1. The number of amides is 2. The Morgan fingerprint density at radius 3 is 2.59 bits per heavy atom. The van der Waals surface area contributed by atoms with Crippen LogP contribution in [0.2, 0.25) is 0 Å². The number of carbonyl (C=O) groups is 2. The molecule has 0 saturated carbocycles. The normalized spacial score (nSPS) is 17.8. The number of morpholine rings is 1. The lowest BCUT2D eigenvalue weighted by Gasteiger charge is -2.28. The molecule has 1 fully saturated rings. The summed E-state index contributed by atoms with van der Waals surface area (Å²) in [4.78, 5) is 33.7. The van der Waals surface area contributed by atoms with Gasteiger partial charge >= 0.3 is 0 Å². The van der Waals surface area contributed by atoms with Crippen molar-refractivity contribution in [2.24, 2.45) is 0 Å². The Morgan fingerprint density at radius 1 is 1.28 bits per heavy atom. The van der Waals surface area contributed by atoms with E-state index in [-0.39, 0.29) is 29.1 Å². The fourth-order valence-electron chi connectivity index (χ4n) is 3.58. The van der Waals surface area contributed by atoms with Crippen molar-refractivity contribution in [1.29, 1.82) is 0 Å². The smallest absolute Gasteiger partial charge is 0.289 e. The molecular formula is C20H26FN3O7S. The molecule has 176 valence electrons. The largest absolute Gasteiger partial charge is 0.503 e. The highest BCUT2D eigenvalue weighted by molar-refractivity contribution is 7.90. The molecule has 0 bridgehead atoms. The molecule has 3 rings (SSSR count). The number of nitrogens with zero attached hydrogens (tertiary/aromatic N) is 3. The van der Waals surface area contributed by atoms with Gasteiger partial charge in [0, 0.05) is 32.4 Å². The van der Waals surface area contributed by atoms with E-state index in [1.54, 1.807) is 0 Å². The first kappa shape index (κ1) is 24.1. The predicted octanol–water partition coefficient (Wildman–Crippen LogP) is 0.106. The number of aliphatic hydroxyl groups excluding tert-OH is 1. The minimum atomic E-state index is -3.77. The molecule has 0 aromatic heterocycles. The molecule has 1 aromatic rings. The van der Waals surface area contributed by atoms with Crippen LogP contribution in [0.1, 0.15) is 5.56 Å². The summed E-state index contributed by atoms with van der Waals surface area (Å²) in [5.41, 5.74) is -0.0143. The second kappa shape index (κ2) is 9.94. The second-order valence-corrected chi connectivity index (χ2v) is 9.54. The Balaban J connectivity index is 1.72. The van der Waals surface area contributed by atoms with Crippen LogP contribution in [0.5, 0.6) is 0 Å². The van der Waals surface area contributed by atoms with Crippen molar-refractivity contribution in [3.05, 3.63) is 40.9 Å². The molecular weight excluding hydrogens is 445 g/mol. The molecule has 0 spiro atoms. The lowest BCUT2D eigenvalue weighted by atomic mass is 10.2. The van der Waals surface area contributed by atoms with Crippen LogP contribution in [0.25, 0.3) is 0 Å². The van der Waals surface area contributed by atoms with Gasteiger partial charge in [0.2, 0.25) is 0 Å². The maximum atomic E-state index is 13.6. The average Bonchev–Trinajstić information content (AvgIpc) is 3.05. The molecule has 0 radical (unpaired) electrons. The van der Waals surface area contributed by atoms with Crippen LogP contribution < -0.4 is 0 Å². The number of halogens is 1. The summed E-state index contributed by atoms with van der Waals surface area (Å²) >= 11 is 0. The third kappa shape index (κ3) is 5.44. The Hall–Kier alpha value is -2.54. The first-order valence-corrected chi connectivity index (χ1v) is 11.9. The Labute approximate surface area is 185 Å². The molecule has 2 aliphatic heterocycles. The standard InChI is InChI=1S/C20H26FN3O7S/c1-30-24(12-14-3-4-15(21)11-17(14)32(2,28)29)19(26)16-13-23(20(27)18(16)25)6-5-22-7-9-31-10-8-22/h3-4,11,25H,5-10,12-13H2,1-2H3. The molecule has 1 saturated heterocycles. The van der Waals surface area contributed by atoms with Crippen molar-refractivity contribution in [2.75, 3.05) is 59.3 Å². The van der Waals surface area contributed by atoms with Gasteiger partial charge in [-0.15, -0.1) is 0 Å². The molecule has 1 N–H and O–H groups in total. The molecule has 10 nitrogen and oxygen atoms in total. The van der Waals surface area contributed by atoms with Crippen molar-refractivity contribution in [1.82, 2.24) is 14.9 Å². The molecule has 0 atom stereocenters. The molecule has 0 aliphatic carbocycles. The molecule has 32 heavy (non-hydrogen) atoms. The summed E-state index contributed by atoms with van der Waals surface area (Å²) in [6.07, 6.45) is 0.931. The van der Waals surface area contributed by atoms with E-state index < -0.39 is 33.2 Å². The minimum absolute atomic E-state index is 0.101. The summed E-state index contributed by atoms with van der Waals surface area (Å²) in [6.45, 7) is 3.18. The lowest BCUT2D eigenvalue weighted by molar-refractivity contribution is -0.175. The van der Waals surface area contributed by atoms with E-state index in [4.69, 9.17) is 9.57 Å². The van der Waals surface area contributed by atoms with E-state index >= 15 is 0 Å². The quantitative estimate of drug-likeness (QED) is 0.531. The SMILES string of the molecule is CON(Cc1ccc(F)cc1S(C)(=O)=O)C(=O)C1=C(O)C(=O)N(CCN2CCOCC2)C1. The predicted molar refractivity (Wildman–Crippen MR) is 111 cm³/mol. The fraction of sp³-hybridized carbons (Fsp3) is 0.500. The van der Waals surface area contributed by atoms with Gasteiger partial charge in [-0.25, -0.2) is 17.9 Å². The number of hydroxylamine groups is 2. The lowest BCUT2D eigenvalue weighted by Crippen LogP contribution is -2.42. The number of benzene rings is 1. The zero-order chi connectivity index (χ0) is 23.5. The van der Waals surface area contributed by atoms with Gasteiger partial charge in [0.25, 0.3) is 11.8 Å². The third-order valence-electron chi connectivity index (χ3n) is 5.36. The van der Waals surface area contributed by atoms with Gasteiger partial charge in [0.15, 0.2) is 15.6 Å². The fourth-order valence-corrected chi connectivity index (χ4v) is 4.52. The number of rotatable bonds is 8. The van der Waals surface area contributed by atoms with Crippen LogP contribution >= 0.6 is 0 Å². The molecule has 2 amide bonds. The molecule has 2 heterocycles. The number of hydrogen-bond donors (Lipinski definition) is 1. The van der Waals surface area contributed by atoms with E-state index in [1.165, 1.54) is 18.1 Å². The van der Waals surface area contributed by atoms with E-state index in [1.807, 2.05) is 0 Å². The second-order valence-electron chi connectivity index (χ2n) is 7.56. The number of hydrogen-bond acceptors (Lipinski definition) is 8.